The summed E-state index contributed by atoms with van der Waals surface area (Å²) in [6.45, 7) is 4.53. The molecule has 0 heterocycles. The van der Waals surface area contributed by atoms with Gasteiger partial charge in [0.05, 0.1) is 11.5 Å². The van der Waals surface area contributed by atoms with Crippen molar-refractivity contribution in [2.45, 2.75) is 64.8 Å². The van der Waals surface area contributed by atoms with Crippen molar-refractivity contribution in [1.29, 1.82) is 0 Å². The minimum Gasteiger partial charge on any atom is -0.392 e. The maximum Gasteiger partial charge on any atom is 0.223 e. The van der Waals surface area contributed by atoms with Crippen LogP contribution >= 0.6 is 12.2 Å². The van der Waals surface area contributed by atoms with Gasteiger partial charge in [-0.3, -0.25) is 4.79 Å². The van der Waals surface area contributed by atoms with Crippen LogP contribution in [0.3, 0.4) is 0 Å². The lowest BCUT2D eigenvalue weighted by Crippen LogP contribution is -2.50. The molecule has 118 valence electrons. The molecule has 0 aromatic heterocycles. The van der Waals surface area contributed by atoms with Gasteiger partial charge in [0.25, 0.3) is 0 Å². The first-order chi connectivity index (χ1) is 9.87. The van der Waals surface area contributed by atoms with Gasteiger partial charge in [-0.05, 0) is 75.5 Å². The SMILES string of the molecule is CC(C)N(CC(N)=S)C(=O)CC12CC3CC(CC(C3)C1)C2. The predicted octanol–water partition coefficient (Wildman–Crippen LogP) is 3.12. The predicted molar refractivity (Wildman–Crippen MR) is 88.9 cm³/mol. The van der Waals surface area contributed by atoms with E-state index in [2.05, 4.69) is 13.8 Å². The van der Waals surface area contributed by atoms with E-state index in [1.165, 1.54) is 38.5 Å². The molecule has 4 saturated carbocycles. The molecule has 0 unspecified atom stereocenters. The van der Waals surface area contributed by atoms with Gasteiger partial charge < -0.3 is 10.6 Å². The fraction of sp³-hybridized carbons (Fsp3) is 0.882. The topological polar surface area (TPSA) is 46.3 Å². The molecule has 0 saturated heterocycles. The van der Waals surface area contributed by atoms with Crippen LogP contribution in [0.1, 0.15) is 58.8 Å². The van der Waals surface area contributed by atoms with Gasteiger partial charge in [-0.1, -0.05) is 12.2 Å². The average molecular weight is 308 g/mol. The largest absolute Gasteiger partial charge is 0.392 e. The number of hydrogen-bond acceptors (Lipinski definition) is 2. The van der Waals surface area contributed by atoms with Crippen LogP contribution in [0.2, 0.25) is 0 Å². The number of nitrogens with two attached hydrogens (primary N) is 1. The van der Waals surface area contributed by atoms with Crippen molar-refractivity contribution in [2.75, 3.05) is 6.54 Å². The van der Waals surface area contributed by atoms with Gasteiger partial charge in [-0.25, -0.2) is 0 Å². The van der Waals surface area contributed by atoms with Crippen LogP contribution in [0, 0.1) is 23.2 Å². The Morgan fingerprint density at radius 1 is 1.19 bits per heavy atom. The zero-order valence-corrected chi connectivity index (χ0v) is 14.1. The zero-order chi connectivity index (χ0) is 15.2. The van der Waals surface area contributed by atoms with Crippen molar-refractivity contribution in [2.24, 2.45) is 28.9 Å². The van der Waals surface area contributed by atoms with Crippen LogP contribution in [0.4, 0.5) is 0 Å². The van der Waals surface area contributed by atoms with E-state index < -0.39 is 0 Å². The Labute approximate surface area is 133 Å². The Bertz CT molecular complexity index is 411. The first kappa shape index (κ1) is 15.3. The molecule has 4 fully saturated rings. The van der Waals surface area contributed by atoms with Crippen molar-refractivity contribution in [3.63, 3.8) is 0 Å². The zero-order valence-electron chi connectivity index (χ0n) is 13.3. The quantitative estimate of drug-likeness (QED) is 0.794. The van der Waals surface area contributed by atoms with Gasteiger partial charge in [0, 0.05) is 12.5 Å². The van der Waals surface area contributed by atoms with Crippen molar-refractivity contribution < 1.29 is 4.79 Å². The maximum atomic E-state index is 12.8. The van der Waals surface area contributed by atoms with Crippen molar-refractivity contribution in [1.82, 2.24) is 4.90 Å². The van der Waals surface area contributed by atoms with Crippen molar-refractivity contribution in [3.8, 4) is 0 Å². The molecule has 4 bridgehead atoms. The Kier molecular flexibility index (Phi) is 4.02. The summed E-state index contributed by atoms with van der Waals surface area (Å²) >= 11 is 5.01. The molecule has 0 aromatic carbocycles. The van der Waals surface area contributed by atoms with E-state index in [0.717, 1.165) is 24.2 Å². The van der Waals surface area contributed by atoms with Crippen LogP contribution in [0.5, 0.6) is 0 Å². The molecule has 1 amide bonds. The molecule has 4 aliphatic carbocycles. The molecule has 0 atom stereocenters. The van der Waals surface area contributed by atoms with Crippen LogP contribution < -0.4 is 5.73 Å². The van der Waals surface area contributed by atoms with E-state index >= 15 is 0 Å². The lowest BCUT2D eigenvalue weighted by molar-refractivity contribution is -0.140. The summed E-state index contributed by atoms with van der Waals surface area (Å²) in [4.78, 5) is 15.1. The highest BCUT2D eigenvalue weighted by Gasteiger charge is 2.51. The first-order valence-corrected chi connectivity index (χ1v) is 8.85. The number of carbonyl (C=O) groups excluding carboxylic acids is 1. The molecule has 0 aliphatic heterocycles. The van der Waals surface area contributed by atoms with E-state index in [1.54, 1.807) is 0 Å². The number of thiocarbonyl (C=S) groups is 1. The summed E-state index contributed by atoms with van der Waals surface area (Å²) in [6, 6.07) is 0.174. The number of rotatable bonds is 5. The highest BCUT2D eigenvalue weighted by molar-refractivity contribution is 7.80. The smallest absolute Gasteiger partial charge is 0.223 e. The molecular formula is C17H28N2OS. The normalized spacial score (nSPS) is 37.0. The van der Waals surface area contributed by atoms with Gasteiger partial charge in [-0.2, -0.15) is 0 Å². The third-order valence-electron chi connectivity index (χ3n) is 5.96. The average Bonchev–Trinajstić information content (AvgIpc) is 2.32. The van der Waals surface area contributed by atoms with Crippen LogP contribution in [0.25, 0.3) is 0 Å². The summed E-state index contributed by atoms with van der Waals surface area (Å²) in [5, 5.41) is 0. The third-order valence-corrected chi connectivity index (χ3v) is 6.09. The highest BCUT2D eigenvalue weighted by Crippen LogP contribution is 2.61. The van der Waals surface area contributed by atoms with Crippen LogP contribution in [-0.2, 0) is 4.79 Å². The van der Waals surface area contributed by atoms with Crippen LogP contribution in [0.15, 0.2) is 0 Å². The van der Waals surface area contributed by atoms with Gasteiger partial charge in [0.2, 0.25) is 5.91 Å². The second kappa shape index (κ2) is 5.53. The van der Waals surface area contributed by atoms with Gasteiger partial charge in [-0.15, -0.1) is 0 Å². The molecular weight excluding hydrogens is 280 g/mol. The lowest BCUT2D eigenvalue weighted by atomic mass is 9.49. The molecule has 0 spiro atoms. The van der Waals surface area contributed by atoms with Crippen LogP contribution in [-0.4, -0.2) is 28.4 Å². The molecule has 0 radical (unpaired) electrons. The van der Waals surface area contributed by atoms with E-state index in [9.17, 15) is 4.79 Å². The van der Waals surface area contributed by atoms with E-state index in [-0.39, 0.29) is 11.9 Å². The molecule has 4 aliphatic rings. The summed E-state index contributed by atoms with van der Waals surface area (Å²) < 4.78 is 0. The first-order valence-electron chi connectivity index (χ1n) is 8.45. The monoisotopic (exact) mass is 308 g/mol. The maximum absolute atomic E-state index is 12.8. The fourth-order valence-corrected chi connectivity index (χ4v) is 5.79. The Hall–Kier alpha value is -0.640. The minimum absolute atomic E-state index is 0.174. The summed E-state index contributed by atoms with van der Waals surface area (Å²) in [5.41, 5.74) is 5.97. The number of carbonyl (C=O) groups is 1. The van der Waals surface area contributed by atoms with Crippen molar-refractivity contribution in [3.05, 3.63) is 0 Å². The highest BCUT2D eigenvalue weighted by atomic mass is 32.1. The van der Waals surface area contributed by atoms with Gasteiger partial charge >= 0.3 is 0 Å². The third kappa shape index (κ3) is 3.10. The standard InChI is InChI=1S/C17H28N2OS/c1-11(2)19(10-15(18)21)16(20)9-17-6-12-3-13(7-17)5-14(4-12)8-17/h11-14H,3-10H2,1-2H3,(H2,18,21). The molecule has 21 heavy (non-hydrogen) atoms. The number of amides is 1. The number of hydrogen-bond donors (Lipinski definition) is 1. The summed E-state index contributed by atoms with van der Waals surface area (Å²) in [5.74, 6) is 2.95. The Morgan fingerprint density at radius 2 is 1.67 bits per heavy atom. The summed E-state index contributed by atoms with van der Waals surface area (Å²) in [7, 11) is 0. The minimum atomic E-state index is 0.174. The van der Waals surface area contributed by atoms with E-state index in [0.29, 0.717) is 16.9 Å². The lowest BCUT2D eigenvalue weighted by Gasteiger charge is -2.57. The van der Waals surface area contributed by atoms with Gasteiger partial charge in [0.15, 0.2) is 0 Å². The molecule has 2 N–H and O–H groups in total. The second-order valence-electron chi connectivity index (χ2n) is 8.18. The Morgan fingerprint density at radius 3 is 2.05 bits per heavy atom. The Balaban J connectivity index is 1.70. The summed E-state index contributed by atoms with van der Waals surface area (Å²) in [6.07, 6.45) is 8.84. The van der Waals surface area contributed by atoms with E-state index in [4.69, 9.17) is 18.0 Å². The molecule has 0 aromatic rings. The molecule has 3 nitrogen and oxygen atoms in total. The van der Waals surface area contributed by atoms with E-state index in [1.807, 2.05) is 4.90 Å². The van der Waals surface area contributed by atoms with Crippen molar-refractivity contribution >= 4 is 23.1 Å². The number of nitrogens with zero attached hydrogens (tertiary/aromatic N) is 1. The second-order valence-corrected chi connectivity index (χ2v) is 8.70. The van der Waals surface area contributed by atoms with Gasteiger partial charge in [0.1, 0.15) is 0 Å². The molecule has 4 rings (SSSR count). The fourth-order valence-electron chi connectivity index (χ4n) is 5.66. The molecule has 4 heteroatoms.